The van der Waals surface area contributed by atoms with Crippen LogP contribution in [0.4, 0.5) is 0 Å². The van der Waals surface area contributed by atoms with E-state index in [4.69, 9.17) is 0 Å². The maximum atomic E-state index is 3.79. The number of nitrogens with zero attached hydrogens (tertiary/aromatic N) is 1. The van der Waals surface area contributed by atoms with Gasteiger partial charge >= 0.3 is 0 Å². The number of rotatable bonds is 3. The highest BCUT2D eigenvalue weighted by Gasteiger charge is 2.08. The smallest absolute Gasteiger partial charge is 0.0231 e. The quantitative estimate of drug-likeness (QED) is 0.630. The number of piperazine rings is 1. The van der Waals surface area contributed by atoms with Gasteiger partial charge in [0.25, 0.3) is 0 Å². The minimum absolute atomic E-state index is 1.06. The van der Waals surface area contributed by atoms with Gasteiger partial charge in [-0.25, -0.2) is 0 Å². The molecule has 0 aromatic rings. The van der Waals surface area contributed by atoms with Gasteiger partial charge in [0.2, 0.25) is 0 Å². The summed E-state index contributed by atoms with van der Waals surface area (Å²) in [5, 5.41) is 3.34. The summed E-state index contributed by atoms with van der Waals surface area (Å²) in [5.74, 6) is 0. The summed E-state index contributed by atoms with van der Waals surface area (Å²) in [7, 11) is 0. The van der Waals surface area contributed by atoms with E-state index in [2.05, 4.69) is 29.8 Å². The molecule has 12 heavy (non-hydrogen) atoms. The van der Waals surface area contributed by atoms with Crippen LogP contribution in [0.5, 0.6) is 0 Å². The lowest BCUT2D eigenvalue weighted by atomic mass is 10.2. The SMILES string of the molecule is C=C/C(=C\C)CN1CCNCC1. The predicted molar refractivity (Wildman–Crippen MR) is 53.3 cm³/mol. The molecule has 1 aliphatic rings. The van der Waals surface area contributed by atoms with E-state index in [0.717, 1.165) is 32.7 Å². The maximum absolute atomic E-state index is 3.79. The molecule has 0 spiro atoms. The van der Waals surface area contributed by atoms with Crippen molar-refractivity contribution in [3.8, 4) is 0 Å². The van der Waals surface area contributed by atoms with Crippen molar-refractivity contribution >= 4 is 0 Å². The van der Waals surface area contributed by atoms with Gasteiger partial charge in [-0.2, -0.15) is 0 Å². The molecule has 0 saturated carbocycles. The van der Waals surface area contributed by atoms with Crippen molar-refractivity contribution in [1.82, 2.24) is 10.2 Å². The van der Waals surface area contributed by atoms with Crippen LogP contribution in [-0.4, -0.2) is 37.6 Å². The number of hydrogen-bond acceptors (Lipinski definition) is 2. The lowest BCUT2D eigenvalue weighted by Gasteiger charge is -2.27. The van der Waals surface area contributed by atoms with Crippen molar-refractivity contribution < 1.29 is 0 Å². The Morgan fingerprint density at radius 3 is 2.67 bits per heavy atom. The molecule has 2 nitrogen and oxygen atoms in total. The Kier molecular flexibility index (Phi) is 4.05. The van der Waals surface area contributed by atoms with Crippen LogP contribution in [0, 0.1) is 0 Å². The van der Waals surface area contributed by atoms with Gasteiger partial charge in [0.1, 0.15) is 0 Å². The molecule has 0 aromatic carbocycles. The van der Waals surface area contributed by atoms with Crippen LogP contribution < -0.4 is 5.32 Å². The van der Waals surface area contributed by atoms with Gasteiger partial charge in [-0.3, -0.25) is 4.90 Å². The standard InChI is InChI=1S/C10H18N2/c1-3-10(4-2)9-12-7-5-11-6-8-12/h3-4,11H,1,5-9H2,2H3/b10-4+. The van der Waals surface area contributed by atoms with E-state index >= 15 is 0 Å². The first-order valence-electron chi connectivity index (χ1n) is 4.57. The number of nitrogens with one attached hydrogen (secondary N) is 1. The Morgan fingerprint density at radius 1 is 1.50 bits per heavy atom. The lowest BCUT2D eigenvalue weighted by Crippen LogP contribution is -2.44. The topological polar surface area (TPSA) is 15.3 Å². The average molecular weight is 166 g/mol. The predicted octanol–water partition coefficient (Wildman–Crippen LogP) is 1.02. The highest BCUT2D eigenvalue weighted by Crippen LogP contribution is 2.01. The van der Waals surface area contributed by atoms with Gasteiger partial charge in [0, 0.05) is 32.7 Å². The molecule has 1 saturated heterocycles. The van der Waals surface area contributed by atoms with E-state index in [1.165, 1.54) is 5.57 Å². The third-order valence-electron chi connectivity index (χ3n) is 2.25. The molecule has 0 bridgehead atoms. The van der Waals surface area contributed by atoms with E-state index in [1.807, 2.05) is 6.08 Å². The fourth-order valence-electron chi connectivity index (χ4n) is 1.40. The third-order valence-corrected chi connectivity index (χ3v) is 2.25. The fourth-order valence-corrected chi connectivity index (χ4v) is 1.40. The molecule has 1 aliphatic heterocycles. The summed E-state index contributed by atoms with van der Waals surface area (Å²) >= 11 is 0. The Bertz CT molecular complexity index is 167. The van der Waals surface area contributed by atoms with E-state index in [0.29, 0.717) is 0 Å². The summed E-state index contributed by atoms with van der Waals surface area (Å²) in [6.07, 6.45) is 4.08. The minimum atomic E-state index is 1.06. The molecule has 0 radical (unpaired) electrons. The van der Waals surface area contributed by atoms with Crippen molar-refractivity contribution in [2.75, 3.05) is 32.7 Å². The fraction of sp³-hybridized carbons (Fsp3) is 0.600. The summed E-state index contributed by atoms with van der Waals surface area (Å²) in [5.41, 5.74) is 1.33. The third kappa shape index (κ3) is 2.80. The second kappa shape index (κ2) is 5.12. The Hall–Kier alpha value is -0.600. The molecule has 2 heteroatoms. The Morgan fingerprint density at radius 2 is 2.17 bits per heavy atom. The molecule has 0 aromatic heterocycles. The summed E-state index contributed by atoms with van der Waals surface area (Å²) in [4.78, 5) is 2.45. The Labute approximate surface area is 74.9 Å². The van der Waals surface area contributed by atoms with Crippen molar-refractivity contribution in [2.24, 2.45) is 0 Å². The highest BCUT2D eigenvalue weighted by atomic mass is 15.2. The first-order valence-corrected chi connectivity index (χ1v) is 4.57. The molecular formula is C10H18N2. The molecule has 68 valence electrons. The zero-order valence-corrected chi connectivity index (χ0v) is 7.84. The van der Waals surface area contributed by atoms with Gasteiger partial charge in [0.05, 0.1) is 0 Å². The summed E-state index contributed by atoms with van der Waals surface area (Å²) < 4.78 is 0. The first-order chi connectivity index (χ1) is 5.86. The van der Waals surface area contributed by atoms with Crippen LogP contribution in [0.1, 0.15) is 6.92 Å². The molecule has 0 amide bonds. The van der Waals surface area contributed by atoms with E-state index < -0.39 is 0 Å². The molecule has 1 fully saturated rings. The molecule has 0 aliphatic carbocycles. The molecule has 1 rings (SSSR count). The molecule has 1 heterocycles. The normalized spacial score (nSPS) is 20.9. The first kappa shape index (κ1) is 9.49. The molecule has 0 unspecified atom stereocenters. The molecule has 1 N–H and O–H groups in total. The van der Waals surface area contributed by atoms with Gasteiger partial charge in [-0.15, -0.1) is 0 Å². The van der Waals surface area contributed by atoms with Gasteiger partial charge in [-0.05, 0) is 12.5 Å². The molecule has 0 atom stereocenters. The monoisotopic (exact) mass is 166 g/mol. The van der Waals surface area contributed by atoms with Crippen LogP contribution >= 0.6 is 0 Å². The summed E-state index contributed by atoms with van der Waals surface area (Å²) in [6.45, 7) is 11.5. The minimum Gasteiger partial charge on any atom is -0.314 e. The second-order valence-corrected chi connectivity index (χ2v) is 3.09. The van der Waals surface area contributed by atoms with Gasteiger partial charge < -0.3 is 5.32 Å². The van der Waals surface area contributed by atoms with Crippen LogP contribution in [0.3, 0.4) is 0 Å². The van der Waals surface area contributed by atoms with E-state index in [1.54, 1.807) is 0 Å². The van der Waals surface area contributed by atoms with Crippen LogP contribution in [0.2, 0.25) is 0 Å². The second-order valence-electron chi connectivity index (χ2n) is 3.09. The highest BCUT2D eigenvalue weighted by molar-refractivity contribution is 5.16. The van der Waals surface area contributed by atoms with Crippen LogP contribution in [-0.2, 0) is 0 Å². The van der Waals surface area contributed by atoms with Crippen LogP contribution in [0.15, 0.2) is 24.3 Å². The maximum Gasteiger partial charge on any atom is 0.0231 e. The molecular weight excluding hydrogens is 148 g/mol. The van der Waals surface area contributed by atoms with E-state index in [-0.39, 0.29) is 0 Å². The Balaban J connectivity index is 2.33. The number of allylic oxidation sites excluding steroid dienone is 1. The van der Waals surface area contributed by atoms with Crippen molar-refractivity contribution in [2.45, 2.75) is 6.92 Å². The van der Waals surface area contributed by atoms with Crippen molar-refractivity contribution in [3.63, 3.8) is 0 Å². The average Bonchev–Trinajstić information content (AvgIpc) is 2.16. The zero-order chi connectivity index (χ0) is 8.81. The van der Waals surface area contributed by atoms with Crippen LogP contribution in [0.25, 0.3) is 0 Å². The lowest BCUT2D eigenvalue weighted by molar-refractivity contribution is 0.261. The van der Waals surface area contributed by atoms with Crippen molar-refractivity contribution in [3.05, 3.63) is 24.3 Å². The summed E-state index contributed by atoms with van der Waals surface area (Å²) in [6, 6.07) is 0. The van der Waals surface area contributed by atoms with Gasteiger partial charge in [-0.1, -0.05) is 18.7 Å². The van der Waals surface area contributed by atoms with Crippen molar-refractivity contribution in [1.29, 1.82) is 0 Å². The largest absolute Gasteiger partial charge is 0.314 e. The van der Waals surface area contributed by atoms with Gasteiger partial charge in [0.15, 0.2) is 0 Å². The van der Waals surface area contributed by atoms with E-state index in [9.17, 15) is 0 Å². The number of hydrogen-bond donors (Lipinski definition) is 1. The zero-order valence-electron chi connectivity index (χ0n) is 7.84.